The summed E-state index contributed by atoms with van der Waals surface area (Å²) < 4.78 is 0. The number of likely N-dealkylation sites (tertiary alicyclic amines) is 1. The lowest BCUT2D eigenvalue weighted by molar-refractivity contribution is 0.396. The van der Waals surface area contributed by atoms with Crippen LogP contribution in [-0.2, 0) is 0 Å². The Bertz CT molecular complexity index is 340. The van der Waals surface area contributed by atoms with Crippen molar-refractivity contribution in [3.05, 3.63) is 29.8 Å². The number of nitrogens with zero attached hydrogens (tertiary/aromatic N) is 1. The summed E-state index contributed by atoms with van der Waals surface area (Å²) in [5, 5.41) is 9.81. The lowest BCUT2D eigenvalue weighted by atomic mass is 9.88. The predicted molar refractivity (Wildman–Crippen MR) is 60.9 cm³/mol. The van der Waals surface area contributed by atoms with E-state index in [1.165, 1.54) is 0 Å². The van der Waals surface area contributed by atoms with Gasteiger partial charge in [0.2, 0.25) is 0 Å². The van der Waals surface area contributed by atoms with Crippen molar-refractivity contribution in [2.75, 3.05) is 26.7 Å². The Morgan fingerprint density at radius 2 is 2.13 bits per heavy atom. The Kier molecular flexibility index (Phi) is 2.93. The molecule has 0 aliphatic carbocycles. The van der Waals surface area contributed by atoms with Gasteiger partial charge >= 0.3 is 0 Å². The van der Waals surface area contributed by atoms with Gasteiger partial charge in [0.25, 0.3) is 0 Å². The second kappa shape index (κ2) is 4.21. The van der Waals surface area contributed by atoms with Crippen molar-refractivity contribution >= 4 is 0 Å². The van der Waals surface area contributed by atoms with Gasteiger partial charge in [0.05, 0.1) is 0 Å². The molecule has 2 unspecified atom stereocenters. The Morgan fingerprint density at radius 3 is 2.80 bits per heavy atom. The fourth-order valence-electron chi connectivity index (χ4n) is 2.48. The Balaban J connectivity index is 2.26. The summed E-state index contributed by atoms with van der Waals surface area (Å²) in [5.41, 5.74) is 6.80. The van der Waals surface area contributed by atoms with E-state index in [4.69, 9.17) is 5.73 Å². The maximum absolute atomic E-state index is 9.81. The number of nitrogens with two attached hydrogens (primary N) is 1. The van der Waals surface area contributed by atoms with Gasteiger partial charge in [-0.05, 0) is 31.1 Å². The molecule has 3 heteroatoms. The first-order valence-corrected chi connectivity index (χ1v) is 5.39. The standard InChI is InChI=1S/C12H18N2O/c1-14-7-9(6-13)11(8-14)10-4-2-3-5-12(10)15/h2-5,9,11,15H,6-8,13H2,1H3. The monoisotopic (exact) mass is 206 g/mol. The first-order chi connectivity index (χ1) is 7.22. The van der Waals surface area contributed by atoms with Crippen LogP contribution in [0, 0.1) is 5.92 Å². The van der Waals surface area contributed by atoms with Crippen LogP contribution in [0.2, 0.25) is 0 Å². The Hall–Kier alpha value is -1.06. The zero-order chi connectivity index (χ0) is 10.8. The predicted octanol–water partition coefficient (Wildman–Crippen LogP) is 0.996. The molecule has 3 nitrogen and oxygen atoms in total. The van der Waals surface area contributed by atoms with E-state index in [1.807, 2.05) is 18.2 Å². The van der Waals surface area contributed by atoms with Gasteiger partial charge in [-0.15, -0.1) is 0 Å². The van der Waals surface area contributed by atoms with Crippen LogP contribution < -0.4 is 5.73 Å². The molecule has 1 aliphatic heterocycles. The van der Waals surface area contributed by atoms with Gasteiger partial charge in [0.1, 0.15) is 5.75 Å². The summed E-state index contributed by atoms with van der Waals surface area (Å²) in [4.78, 5) is 2.27. The lowest BCUT2D eigenvalue weighted by Crippen LogP contribution is -2.21. The number of hydrogen-bond acceptors (Lipinski definition) is 3. The highest BCUT2D eigenvalue weighted by Crippen LogP contribution is 2.35. The average Bonchev–Trinajstić information content (AvgIpc) is 2.60. The third-order valence-electron chi connectivity index (χ3n) is 3.26. The number of phenols is 1. The third-order valence-corrected chi connectivity index (χ3v) is 3.26. The van der Waals surface area contributed by atoms with Crippen molar-refractivity contribution in [2.45, 2.75) is 5.92 Å². The number of phenolic OH excluding ortho intramolecular Hbond substituents is 1. The van der Waals surface area contributed by atoms with Gasteiger partial charge in [-0.2, -0.15) is 0 Å². The molecule has 82 valence electrons. The highest BCUT2D eigenvalue weighted by molar-refractivity contribution is 5.36. The normalized spacial score (nSPS) is 27.1. The largest absolute Gasteiger partial charge is 0.508 e. The van der Waals surface area contributed by atoms with E-state index in [0.29, 0.717) is 24.1 Å². The van der Waals surface area contributed by atoms with E-state index in [9.17, 15) is 5.11 Å². The maximum Gasteiger partial charge on any atom is 0.119 e. The van der Waals surface area contributed by atoms with Gasteiger partial charge in [0, 0.05) is 19.0 Å². The average molecular weight is 206 g/mol. The molecule has 1 saturated heterocycles. The second-order valence-electron chi connectivity index (χ2n) is 4.38. The Morgan fingerprint density at radius 1 is 1.40 bits per heavy atom. The highest BCUT2D eigenvalue weighted by Gasteiger charge is 2.32. The van der Waals surface area contributed by atoms with E-state index >= 15 is 0 Å². The molecule has 2 rings (SSSR count). The van der Waals surface area contributed by atoms with Crippen LogP contribution in [-0.4, -0.2) is 36.7 Å². The SMILES string of the molecule is CN1CC(CN)C(c2ccccc2O)C1. The molecule has 0 amide bonds. The lowest BCUT2D eigenvalue weighted by Gasteiger charge is -2.17. The summed E-state index contributed by atoms with van der Waals surface area (Å²) in [6.45, 7) is 2.69. The molecule has 1 fully saturated rings. The van der Waals surface area contributed by atoms with Crippen LogP contribution in [0.4, 0.5) is 0 Å². The van der Waals surface area contributed by atoms with Crippen LogP contribution in [0.25, 0.3) is 0 Å². The molecule has 2 atom stereocenters. The highest BCUT2D eigenvalue weighted by atomic mass is 16.3. The molecule has 0 aromatic heterocycles. The van der Waals surface area contributed by atoms with E-state index < -0.39 is 0 Å². The van der Waals surface area contributed by atoms with Gasteiger partial charge in [-0.3, -0.25) is 0 Å². The van der Waals surface area contributed by atoms with Crippen LogP contribution in [0.1, 0.15) is 11.5 Å². The fourth-order valence-corrected chi connectivity index (χ4v) is 2.48. The minimum Gasteiger partial charge on any atom is -0.508 e. The Labute approximate surface area is 90.5 Å². The van der Waals surface area contributed by atoms with Gasteiger partial charge < -0.3 is 15.7 Å². The molecule has 1 heterocycles. The smallest absolute Gasteiger partial charge is 0.119 e. The minimum atomic E-state index is 0.376. The van der Waals surface area contributed by atoms with Gasteiger partial charge in [-0.1, -0.05) is 18.2 Å². The molecule has 0 radical (unpaired) electrons. The summed E-state index contributed by atoms with van der Waals surface area (Å²) in [6.07, 6.45) is 0. The second-order valence-corrected chi connectivity index (χ2v) is 4.38. The van der Waals surface area contributed by atoms with Gasteiger partial charge in [-0.25, -0.2) is 0 Å². The molecule has 15 heavy (non-hydrogen) atoms. The first kappa shape index (κ1) is 10.5. The quantitative estimate of drug-likeness (QED) is 0.759. The van der Waals surface area contributed by atoms with Crippen LogP contribution >= 0.6 is 0 Å². The van der Waals surface area contributed by atoms with E-state index in [-0.39, 0.29) is 0 Å². The number of para-hydroxylation sites is 1. The number of aromatic hydroxyl groups is 1. The van der Waals surface area contributed by atoms with Crippen molar-refractivity contribution in [1.82, 2.24) is 4.90 Å². The summed E-state index contributed by atoms with van der Waals surface area (Å²) in [7, 11) is 2.10. The summed E-state index contributed by atoms with van der Waals surface area (Å²) >= 11 is 0. The third kappa shape index (κ3) is 1.98. The number of likely N-dealkylation sites (N-methyl/N-ethyl adjacent to an activating group) is 1. The zero-order valence-corrected chi connectivity index (χ0v) is 9.06. The van der Waals surface area contributed by atoms with Crippen LogP contribution in [0.3, 0.4) is 0 Å². The van der Waals surface area contributed by atoms with Crippen molar-refractivity contribution in [2.24, 2.45) is 11.7 Å². The molecule has 1 aromatic carbocycles. The van der Waals surface area contributed by atoms with Crippen molar-refractivity contribution < 1.29 is 5.11 Å². The van der Waals surface area contributed by atoms with Crippen molar-refractivity contribution in [3.8, 4) is 5.75 Å². The molecular weight excluding hydrogens is 188 g/mol. The molecule has 1 aliphatic rings. The van der Waals surface area contributed by atoms with Gasteiger partial charge in [0.15, 0.2) is 0 Å². The number of benzene rings is 1. The van der Waals surface area contributed by atoms with Crippen LogP contribution in [0.15, 0.2) is 24.3 Å². The summed E-state index contributed by atoms with van der Waals surface area (Å²) in [5.74, 6) is 1.24. The molecule has 0 saturated carbocycles. The summed E-state index contributed by atoms with van der Waals surface area (Å²) in [6, 6.07) is 7.58. The van der Waals surface area contributed by atoms with Crippen molar-refractivity contribution in [1.29, 1.82) is 0 Å². The molecule has 1 aromatic rings. The fraction of sp³-hybridized carbons (Fsp3) is 0.500. The van der Waals surface area contributed by atoms with Crippen molar-refractivity contribution in [3.63, 3.8) is 0 Å². The van der Waals surface area contributed by atoms with E-state index in [1.54, 1.807) is 6.07 Å². The van der Waals surface area contributed by atoms with E-state index in [2.05, 4.69) is 11.9 Å². The molecule has 0 bridgehead atoms. The minimum absolute atomic E-state index is 0.376. The maximum atomic E-state index is 9.81. The number of hydrogen-bond donors (Lipinski definition) is 2. The first-order valence-electron chi connectivity index (χ1n) is 5.39. The van der Waals surface area contributed by atoms with E-state index in [0.717, 1.165) is 18.7 Å². The zero-order valence-electron chi connectivity index (χ0n) is 9.06. The molecular formula is C12H18N2O. The topological polar surface area (TPSA) is 49.5 Å². The molecule has 0 spiro atoms. The molecule has 3 N–H and O–H groups in total. The van der Waals surface area contributed by atoms with Crippen LogP contribution in [0.5, 0.6) is 5.75 Å². The number of rotatable bonds is 2.